The summed E-state index contributed by atoms with van der Waals surface area (Å²) in [6.45, 7) is 2.01. The summed E-state index contributed by atoms with van der Waals surface area (Å²) in [6, 6.07) is 14.1. The third-order valence-corrected chi connectivity index (χ3v) is 4.81. The van der Waals surface area contributed by atoms with Gasteiger partial charge in [0.1, 0.15) is 5.82 Å². The van der Waals surface area contributed by atoms with Crippen molar-refractivity contribution in [2.24, 2.45) is 0 Å². The Bertz CT molecular complexity index is 776. The quantitative estimate of drug-likeness (QED) is 0.562. The van der Waals surface area contributed by atoms with E-state index in [1.807, 2.05) is 31.2 Å². The average Bonchev–Trinajstić information content (AvgIpc) is 2.96. The maximum Gasteiger partial charge on any atom is 0.277 e. The number of hydrogen-bond donors (Lipinski definition) is 0. The Morgan fingerprint density at radius 1 is 1.09 bits per heavy atom. The molecule has 0 N–H and O–H groups in total. The Balaban J connectivity index is 1.77. The second-order valence-electron chi connectivity index (χ2n) is 4.66. The van der Waals surface area contributed by atoms with E-state index in [9.17, 15) is 4.39 Å². The number of halogens is 2. The highest BCUT2D eigenvalue weighted by molar-refractivity contribution is 9.10. The molecule has 0 saturated carbocycles. The SMILES string of the molecule is C[C@H](Sc1nnc(-c2ccccc2Br)o1)c1ccc(F)cc1. The lowest BCUT2D eigenvalue weighted by molar-refractivity contribution is 0.465. The summed E-state index contributed by atoms with van der Waals surface area (Å²) in [7, 11) is 0. The van der Waals surface area contributed by atoms with Crippen molar-refractivity contribution < 1.29 is 8.81 Å². The minimum absolute atomic E-state index is 0.0908. The smallest absolute Gasteiger partial charge is 0.277 e. The molecule has 1 heterocycles. The van der Waals surface area contributed by atoms with E-state index in [1.165, 1.54) is 23.9 Å². The first-order valence-corrected chi connectivity index (χ1v) is 8.31. The lowest BCUT2D eigenvalue weighted by Crippen LogP contribution is -1.88. The highest BCUT2D eigenvalue weighted by atomic mass is 79.9. The Kier molecular flexibility index (Phi) is 4.59. The molecule has 0 amide bonds. The molecular weight excluding hydrogens is 367 g/mol. The number of hydrogen-bond acceptors (Lipinski definition) is 4. The van der Waals surface area contributed by atoms with E-state index in [0.29, 0.717) is 11.1 Å². The van der Waals surface area contributed by atoms with Crippen LogP contribution in [-0.4, -0.2) is 10.2 Å². The molecule has 2 aromatic carbocycles. The summed E-state index contributed by atoms with van der Waals surface area (Å²) in [4.78, 5) is 0. The predicted octanol–water partition coefficient (Wildman–Crippen LogP) is 5.49. The molecule has 0 fully saturated rings. The summed E-state index contributed by atoms with van der Waals surface area (Å²) in [5, 5.41) is 8.73. The lowest BCUT2D eigenvalue weighted by atomic mass is 10.2. The fourth-order valence-corrected chi connectivity index (χ4v) is 3.22. The van der Waals surface area contributed by atoms with Gasteiger partial charge < -0.3 is 4.42 Å². The van der Waals surface area contributed by atoms with Gasteiger partial charge in [0.15, 0.2) is 0 Å². The van der Waals surface area contributed by atoms with Crippen molar-refractivity contribution in [3.63, 3.8) is 0 Å². The number of benzene rings is 2. The molecule has 22 heavy (non-hydrogen) atoms. The topological polar surface area (TPSA) is 38.9 Å². The van der Waals surface area contributed by atoms with Crippen LogP contribution in [0.1, 0.15) is 17.7 Å². The number of aromatic nitrogens is 2. The number of thioether (sulfide) groups is 1. The molecule has 0 aliphatic carbocycles. The van der Waals surface area contributed by atoms with Crippen LogP contribution in [0.2, 0.25) is 0 Å². The zero-order valence-corrected chi connectivity index (χ0v) is 14.1. The highest BCUT2D eigenvalue weighted by Crippen LogP contribution is 2.36. The first-order valence-electron chi connectivity index (χ1n) is 6.64. The maximum absolute atomic E-state index is 13.0. The van der Waals surface area contributed by atoms with E-state index in [2.05, 4.69) is 26.1 Å². The van der Waals surface area contributed by atoms with Crippen molar-refractivity contribution in [2.75, 3.05) is 0 Å². The monoisotopic (exact) mass is 378 g/mol. The van der Waals surface area contributed by atoms with Crippen molar-refractivity contribution in [3.05, 3.63) is 64.4 Å². The molecule has 0 unspecified atom stereocenters. The zero-order chi connectivity index (χ0) is 15.5. The minimum atomic E-state index is -0.241. The Morgan fingerprint density at radius 2 is 1.82 bits per heavy atom. The molecule has 0 aliphatic rings. The molecule has 3 nitrogen and oxygen atoms in total. The average molecular weight is 379 g/mol. The van der Waals surface area contributed by atoms with E-state index in [-0.39, 0.29) is 11.1 Å². The Labute approximate surface area is 140 Å². The molecule has 0 bridgehead atoms. The molecule has 112 valence electrons. The fourth-order valence-electron chi connectivity index (χ4n) is 1.95. The van der Waals surface area contributed by atoms with Crippen LogP contribution in [0.5, 0.6) is 0 Å². The van der Waals surface area contributed by atoms with E-state index >= 15 is 0 Å². The number of rotatable bonds is 4. The van der Waals surface area contributed by atoms with Crippen molar-refractivity contribution in [3.8, 4) is 11.5 Å². The van der Waals surface area contributed by atoms with Gasteiger partial charge in [0.05, 0.1) is 5.56 Å². The van der Waals surface area contributed by atoms with Gasteiger partial charge in [-0.1, -0.05) is 36.0 Å². The van der Waals surface area contributed by atoms with Crippen LogP contribution in [0.25, 0.3) is 11.5 Å². The van der Waals surface area contributed by atoms with Gasteiger partial charge in [0, 0.05) is 9.72 Å². The summed E-state index contributed by atoms with van der Waals surface area (Å²) in [5.41, 5.74) is 1.86. The van der Waals surface area contributed by atoms with Crippen LogP contribution in [0.3, 0.4) is 0 Å². The van der Waals surface area contributed by atoms with Crippen LogP contribution in [0.15, 0.2) is 62.6 Å². The molecule has 3 aromatic rings. The third kappa shape index (κ3) is 3.39. The van der Waals surface area contributed by atoms with E-state index in [0.717, 1.165) is 15.6 Å². The molecule has 0 radical (unpaired) electrons. The van der Waals surface area contributed by atoms with Gasteiger partial charge in [0.2, 0.25) is 5.89 Å². The molecule has 3 rings (SSSR count). The predicted molar refractivity (Wildman–Crippen MR) is 88.1 cm³/mol. The first kappa shape index (κ1) is 15.2. The molecule has 0 aliphatic heterocycles. The van der Waals surface area contributed by atoms with Crippen LogP contribution >= 0.6 is 27.7 Å². The van der Waals surface area contributed by atoms with Crippen molar-refractivity contribution in [2.45, 2.75) is 17.4 Å². The molecule has 0 spiro atoms. The van der Waals surface area contributed by atoms with Gasteiger partial charge >= 0.3 is 0 Å². The zero-order valence-electron chi connectivity index (χ0n) is 11.7. The molecule has 6 heteroatoms. The van der Waals surface area contributed by atoms with E-state index < -0.39 is 0 Å². The summed E-state index contributed by atoms with van der Waals surface area (Å²) < 4.78 is 19.6. The minimum Gasteiger partial charge on any atom is -0.411 e. The third-order valence-electron chi connectivity index (χ3n) is 3.13. The summed E-state index contributed by atoms with van der Waals surface area (Å²) >= 11 is 4.91. The number of nitrogens with zero attached hydrogens (tertiary/aromatic N) is 2. The normalized spacial score (nSPS) is 12.3. The van der Waals surface area contributed by atoms with Crippen molar-refractivity contribution in [1.82, 2.24) is 10.2 Å². The summed E-state index contributed by atoms with van der Waals surface area (Å²) in [6.07, 6.45) is 0. The van der Waals surface area contributed by atoms with E-state index in [4.69, 9.17) is 4.42 Å². The van der Waals surface area contributed by atoms with Crippen LogP contribution in [-0.2, 0) is 0 Å². The van der Waals surface area contributed by atoms with Crippen LogP contribution < -0.4 is 0 Å². The second kappa shape index (κ2) is 6.62. The standard InChI is InChI=1S/C16H12BrFN2OS/c1-10(11-6-8-12(18)9-7-11)22-16-20-19-15(21-16)13-4-2-3-5-14(13)17/h2-10H,1H3/t10-/m0/s1. The maximum atomic E-state index is 13.0. The van der Waals surface area contributed by atoms with Gasteiger partial charge in [-0.2, -0.15) is 0 Å². The van der Waals surface area contributed by atoms with Crippen LogP contribution in [0.4, 0.5) is 4.39 Å². The van der Waals surface area contributed by atoms with E-state index in [1.54, 1.807) is 12.1 Å². The van der Waals surface area contributed by atoms with Gasteiger partial charge in [0.25, 0.3) is 5.22 Å². The Hall–Kier alpha value is -1.66. The second-order valence-corrected chi connectivity index (χ2v) is 6.81. The molecule has 0 saturated heterocycles. The largest absolute Gasteiger partial charge is 0.411 e. The lowest BCUT2D eigenvalue weighted by Gasteiger charge is -2.08. The molecule has 1 aromatic heterocycles. The first-order chi connectivity index (χ1) is 10.6. The summed E-state index contributed by atoms with van der Waals surface area (Å²) in [5.74, 6) is 0.233. The Morgan fingerprint density at radius 3 is 2.55 bits per heavy atom. The van der Waals surface area contributed by atoms with Gasteiger partial charge in [-0.3, -0.25) is 0 Å². The van der Waals surface area contributed by atoms with Crippen LogP contribution in [0, 0.1) is 5.82 Å². The van der Waals surface area contributed by atoms with Gasteiger partial charge in [-0.15, -0.1) is 10.2 Å². The highest BCUT2D eigenvalue weighted by Gasteiger charge is 2.15. The fraction of sp³-hybridized carbons (Fsp3) is 0.125. The molecule has 1 atom stereocenters. The van der Waals surface area contributed by atoms with Crippen molar-refractivity contribution >= 4 is 27.7 Å². The molecular formula is C16H12BrFN2OS. The van der Waals surface area contributed by atoms with Gasteiger partial charge in [-0.25, -0.2) is 4.39 Å². The van der Waals surface area contributed by atoms with Gasteiger partial charge in [-0.05, 0) is 52.7 Å². The van der Waals surface area contributed by atoms with Crippen molar-refractivity contribution in [1.29, 1.82) is 0 Å².